The summed E-state index contributed by atoms with van der Waals surface area (Å²) in [6.45, 7) is 2.12. The van der Waals surface area contributed by atoms with E-state index in [0.29, 0.717) is 18.0 Å². The molecule has 0 spiro atoms. The summed E-state index contributed by atoms with van der Waals surface area (Å²) in [7, 11) is 1.75. The molecule has 1 aliphatic heterocycles. The Kier molecular flexibility index (Phi) is 6.33. The first kappa shape index (κ1) is 22.8. The molecule has 4 aromatic rings. The van der Waals surface area contributed by atoms with Crippen LogP contribution in [0, 0.1) is 0 Å². The second-order valence-electron chi connectivity index (χ2n) is 8.51. The van der Waals surface area contributed by atoms with E-state index in [1.54, 1.807) is 30.2 Å². The smallest absolute Gasteiger partial charge is 0.268 e. The summed E-state index contributed by atoms with van der Waals surface area (Å²) in [5.41, 5.74) is 4.35. The predicted octanol–water partition coefficient (Wildman–Crippen LogP) is 5.25. The highest BCUT2D eigenvalue weighted by atomic mass is 32.1. The fourth-order valence-electron chi connectivity index (χ4n) is 4.05. The normalized spacial score (nSPS) is 14.9. The van der Waals surface area contributed by atoms with Crippen molar-refractivity contribution in [1.29, 1.82) is 0 Å². The Bertz CT molecular complexity index is 1350. The molecule has 1 aliphatic rings. The highest BCUT2D eigenvalue weighted by molar-refractivity contribution is 7.13. The topological polar surface area (TPSA) is 62.7 Å². The Morgan fingerprint density at radius 1 is 1.03 bits per heavy atom. The molecule has 1 aromatic heterocycles. The van der Waals surface area contributed by atoms with Crippen LogP contribution in [0.15, 0.2) is 84.2 Å². The van der Waals surface area contributed by atoms with E-state index in [1.165, 1.54) is 4.90 Å². The maximum Gasteiger partial charge on any atom is 0.268 e. The van der Waals surface area contributed by atoms with Crippen LogP contribution in [0.2, 0.25) is 0 Å². The van der Waals surface area contributed by atoms with Crippen LogP contribution in [0.25, 0.3) is 21.8 Å². The minimum Gasteiger partial charge on any atom is -0.479 e. The van der Waals surface area contributed by atoms with Crippen molar-refractivity contribution in [2.45, 2.75) is 19.6 Å². The highest BCUT2D eigenvalue weighted by Crippen LogP contribution is 2.38. The van der Waals surface area contributed by atoms with Crippen molar-refractivity contribution in [3.63, 3.8) is 0 Å². The Hall–Kier alpha value is -3.97. The predicted molar refractivity (Wildman–Crippen MR) is 138 cm³/mol. The largest absolute Gasteiger partial charge is 0.479 e. The lowest BCUT2D eigenvalue weighted by Gasteiger charge is -2.33. The molecule has 5 rings (SSSR count). The van der Waals surface area contributed by atoms with Gasteiger partial charge in [-0.1, -0.05) is 60.7 Å². The van der Waals surface area contributed by atoms with Gasteiger partial charge in [0.25, 0.3) is 5.91 Å². The summed E-state index contributed by atoms with van der Waals surface area (Å²) in [5, 5.41) is 2.93. The quantitative estimate of drug-likeness (QED) is 0.376. The zero-order valence-electron chi connectivity index (χ0n) is 19.5. The second kappa shape index (κ2) is 9.72. The minimum absolute atomic E-state index is 0.0569. The van der Waals surface area contributed by atoms with Gasteiger partial charge in [-0.25, -0.2) is 4.98 Å². The van der Waals surface area contributed by atoms with Crippen molar-refractivity contribution in [2.24, 2.45) is 0 Å². The number of rotatable bonds is 6. The molecule has 0 aliphatic carbocycles. The molecule has 35 heavy (non-hydrogen) atoms. The van der Waals surface area contributed by atoms with Crippen molar-refractivity contribution in [1.82, 2.24) is 9.88 Å². The van der Waals surface area contributed by atoms with E-state index < -0.39 is 6.10 Å². The fraction of sp³-hybridized carbons (Fsp3) is 0.179. The minimum atomic E-state index is -0.662. The van der Waals surface area contributed by atoms with Crippen molar-refractivity contribution in [2.75, 3.05) is 18.5 Å². The molecule has 0 radical (unpaired) electrons. The summed E-state index contributed by atoms with van der Waals surface area (Å²) in [6.07, 6.45) is -0.662. The zero-order chi connectivity index (χ0) is 24.4. The monoisotopic (exact) mass is 483 g/mol. The van der Waals surface area contributed by atoms with E-state index in [4.69, 9.17) is 9.72 Å². The molecule has 6 nitrogen and oxygen atoms in total. The van der Waals surface area contributed by atoms with Crippen molar-refractivity contribution in [3.8, 4) is 27.6 Å². The number of carbonyl (C=O) groups is 2. The van der Waals surface area contributed by atoms with Gasteiger partial charge in [0.15, 0.2) is 6.10 Å². The molecule has 1 unspecified atom stereocenters. The molecule has 3 aromatic carbocycles. The Balaban J connectivity index is 1.41. The number of ether oxygens (including phenoxy) is 1. The average Bonchev–Trinajstić information content (AvgIpc) is 3.38. The third kappa shape index (κ3) is 4.81. The molecule has 0 saturated carbocycles. The molecule has 0 bridgehead atoms. The molecule has 2 heterocycles. The van der Waals surface area contributed by atoms with Gasteiger partial charge in [-0.3, -0.25) is 14.5 Å². The zero-order valence-corrected chi connectivity index (χ0v) is 20.4. The number of amides is 2. The number of hydrogen-bond donors (Lipinski definition) is 0. The van der Waals surface area contributed by atoms with Gasteiger partial charge in [-0.15, -0.1) is 11.3 Å². The van der Waals surface area contributed by atoms with Gasteiger partial charge in [0.1, 0.15) is 17.3 Å². The van der Waals surface area contributed by atoms with Crippen LogP contribution >= 0.6 is 11.3 Å². The second-order valence-corrected chi connectivity index (χ2v) is 9.36. The number of fused-ring (bicyclic) bond motifs is 1. The molecule has 0 fully saturated rings. The maximum atomic E-state index is 13.1. The van der Waals surface area contributed by atoms with Gasteiger partial charge in [0.2, 0.25) is 5.91 Å². The Labute approximate surface area is 208 Å². The summed E-state index contributed by atoms with van der Waals surface area (Å²) in [6, 6.07) is 25.5. The van der Waals surface area contributed by atoms with Gasteiger partial charge in [0, 0.05) is 30.1 Å². The summed E-state index contributed by atoms with van der Waals surface area (Å²) in [5.74, 6) is 0.199. The first-order valence-electron chi connectivity index (χ1n) is 11.4. The molecular weight excluding hydrogens is 458 g/mol. The van der Waals surface area contributed by atoms with Crippen molar-refractivity contribution < 1.29 is 14.3 Å². The van der Waals surface area contributed by atoms with Crippen molar-refractivity contribution >= 4 is 28.8 Å². The molecular formula is C28H25N3O3S. The lowest BCUT2D eigenvalue weighted by Crippen LogP contribution is -2.49. The van der Waals surface area contributed by atoms with E-state index in [0.717, 1.165) is 27.4 Å². The lowest BCUT2D eigenvalue weighted by atomic mass is 10.1. The van der Waals surface area contributed by atoms with E-state index >= 15 is 0 Å². The standard InChI is InChI=1S/C28H25N3O3S/c1-19-28(33)31(17-26(32)30(2)16-20-9-5-3-6-10-20)24-15-22(13-14-25(24)34-19)23-18-35-27(29-23)21-11-7-4-8-12-21/h3-15,18-19H,16-17H2,1-2H3. The van der Waals surface area contributed by atoms with E-state index in [1.807, 2.05) is 84.2 Å². The number of nitrogens with zero attached hydrogens (tertiary/aromatic N) is 3. The SMILES string of the molecule is CC1Oc2ccc(-c3csc(-c4ccccc4)n3)cc2N(CC(=O)N(C)Cc2ccccc2)C1=O. The molecule has 1 atom stereocenters. The number of likely N-dealkylation sites (N-methyl/N-ethyl adjacent to an activating group) is 1. The number of benzene rings is 3. The Morgan fingerprint density at radius 2 is 1.74 bits per heavy atom. The van der Waals surface area contributed by atoms with E-state index in [-0.39, 0.29) is 18.4 Å². The summed E-state index contributed by atoms with van der Waals surface area (Å²) in [4.78, 5) is 34.1. The van der Waals surface area contributed by atoms with Gasteiger partial charge in [-0.05, 0) is 30.7 Å². The number of anilines is 1. The Morgan fingerprint density at radius 3 is 2.49 bits per heavy atom. The van der Waals surface area contributed by atoms with Gasteiger partial charge >= 0.3 is 0 Å². The van der Waals surface area contributed by atoms with Crippen LogP contribution in [0.4, 0.5) is 5.69 Å². The first-order valence-corrected chi connectivity index (χ1v) is 12.3. The first-order chi connectivity index (χ1) is 17.0. The number of thiazole rings is 1. The number of aromatic nitrogens is 1. The molecule has 2 amide bonds. The van der Waals surface area contributed by atoms with Crippen molar-refractivity contribution in [3.05, 3.63) is 89.8 Å². The van der Waals surface area contributed by atoms with Crippen LogP contribution in [0.3, 0.4) is 0 Å². The van der Waals surface area contributed by atoms with E-state index in [2.05, 4.69) is 0 Å². The lowest BCUT2D eigenvalue weighted by molar-refractivity contribution is -0.132. The molecule has 176 valence electrons. The van der Waals surface area contributed by atoms with Crippen LogP contribution in [-0.4, -0.2) is 41.4 Å². The van der Waals surface area contributed by atoms with Gasteiger partial charge in [0.05, 0.1) is 11.4 Å². The number of carbonyl (C=O) groups excluding carboxylic acids is 2. The van der Waals surface area contributed by atoms with Crippen LogP contribution in [0.1, 0.15) is 12.5 Å². The molecule has 7 heteroatoms. The van der Waals surface area contributed by atoms with Gasteiger partial charge in [-0.2, -0.15) is 0 Å². The van der Waals surface area contributed by atoms with Gasteiger partial charge < -0.3 is 9.64 Å². The third-order valence-electron chi connectivity index (χ3n) is 5.97. The molecule has 0 saturated heterocycles. The molecule has 0 N–H and O–H groups in total. The summed E-state index contributed by atoms with van der Waals surface area (Å²) >= 11 is 1.57. The van der Waals surface area contributed by atoms with E-state index in [9.17, 15) is 9.59 Å². The van der Waals surface area contributed by atoms with Crippen LogP contribution in [0.5, 0.6) is 5.75 Å². The van der Waals surface area contributed by atoms with Crippen LogP contribution in [-0.2, 0) is 16.1 Å². The fourth-order valence-corrected chi connectivity index (χ4v) is 4.89. The number of hydrogen-bond acceptors (Lipinski definition) is 5. The third-order valence-corrected chi connectivity index (χ3v) is 6.86. The van der Waals surface area contributed by atoms with Crippen LogP contribution < -0.4 is 9.64 Å². The average molecular weight is 484 g/mol. The highest BCUT2D eigenvalue weighted by Gasteiger charge is 2.33. The summed E-state index contributed by atoms with van der Waals surface area (Å²) < 4.78 is 5.84. The maximum absolute atomic E-state index is 13.1.